The topological polar surface area (TPSA) is 166 Å². The molecule has 0 unspecified atom stereocenters. The minimum Gasteiger partial charge on any atom is -0.394 e. The van der Waals surface area contributed by atoms with Gasteiger partial charge in [-0.3, -0.25) is 4.55 Å². The number of aliphatic hydroxyl groups excluding tert-OH is 4. The van der Waals surface area contributed by atoms with E-state index in [-0.39, 0.29) is 18.6 Å². The van der Waals surface area contributed by atoms with Gasteiger partial charge >= 0.3 is 10.4 Å². The molecular formula is C15H21NO9S. The zero-order valence-electron chi connectivity index (χ0n) is 13.6. The van der Waals surface area contributed by atoms with Gasteiger partial charge in [-0.15, -0.1) is 0 Å². The predicted molar refractivity (Wildman–Crippen MR) is 88.6 cm³/mol. The Labute approximate surface area is 150 Å². The van der Waals surface area contributed by atoms with E-state index in [2.05, 4.69) is 9.44 Å². The van der Waals surface area contributed by atoms with E-state index < -0.39 is 47.5 Å². The molecule has 26 heavy (non-hydrogen) atoms. The van der Waals surface area contributed by atoms with E-state index in [9.17, 15) is 28.8 Å². The first-order valence-electron chi connectivity index (χ1n) is 7.77. The second kappa shape index (κ2) is 8.86. The van der Waals surface area contributed by atoms with Crippen LogP contribution in [0.25, 0.3) is 0 Å². The van der Waals surface area contributed by atoms with Crippen molar-refractivity contribution in [2.24, 2.45) is 5.16 Å². The van der Waals surface area contributed by atoms with Crippen LogP contribution in [0.5, 0.6) is 0 Å². The summed E-state index contributed by atoms with van der Waals surface area (Å²) in [5.41, 5.74) is 0.841. The molecule has 1 saturated heterocycles. The quantitative estimate of drug-likeness (QED) is 0.214. The molecule has 11 heteroatoms. The first-order chi connectivity index (χ1) is 12.2. The highest BCUT2D eigenvalue weighted by molar-refractivity contribution is 7.80. The standard InChI is InChI=1S/C15H21NO9S/c17-8-12-14(19)15(20)13(18)11(24-12)7-10(16-25-26(21,22)23)6-9-4-2-1-3-5-9/h1-5,11-15,17-20H,6-8H2,(H,21,22,23)/b16-10-/t11-,12+,13-,14+,15+/m0/s1. The summed E-state index contributed by atoms with van der Waals surface area (Å²) < 4.78 is 39.7. The van der Waals surface area contributed by atoms with E-state index >= 15 is 0 Å². The Hall–Kier alpha value is -1.60. The fourth-order valence-electron chi connectivity index (χ4n) is 2.65. The van der Waals surface area contributed by atoms with E-state index in [4.69, 9.17) is 9.29 Å². The Kier molecular flexibility index (Phi) is 7.06. The molecule has 1 aliphatic heterocycles. The van der Waals surface area contributed by atoms with E-state index in [0.29, 0.717) is 0 Å². The van der Waals surface area contributed by atoms with Crippen molar-refractivity contribution in [1.82, 2.24) is 0 Å². The number of ether oxygens (including phenoxy) is 1. The smallest absolute Gasteiger partial charge is 0.394 e. The molecule has 0 spiro atoms. The molecule has 1 fully saturated rings. The summed E-state index contributed by atoms with van der Waals surface area (Å²) in [7, 11) is -4.82. The van der Waals surface area contributed by atoms with E-state index in [1.807, 2.05) is 0 Å². The highest BCUT2D eigenvalue weighted by atomic mass is 32.3. The molecule has 0 aliphatic carbocycles. The molecule has 0 saturated carbocycles. The second-order valence-corrected chi connectivity index (χ2v) is 6.90. The highest BCUT2D eigenvalue weighted by Gasteiger charge is 2.43. The Bertz CT molecular complexity index is 707. The molecule has 2 rings (SSSR count). The number of oxime groups is 1. The molecule has 5 N–H and O–H groups in total. The summed E-state index contributed by atoms with van der Waals surface area (Å²) in [5, 5.41) is 42.3. The molecular weight excluding hydrogens is 370 g/mol. The number of nitrogens with zero attached hydrogens (tertiary/aromatic N) is 1. The van der Waals surface area contributed by atoms with E-state index in [1.54, 1.807) is 30.3 Å². The second-order valence-electron chi connectivity index (χ2n) is 5.89. The number of rotatable bonds is 7. The van der Waals surface area contributed by atoms with Crippen LogP contribution in [0.1, 0.15) is 12.0 Å². The minimum absolute atomic E-state index is 0.0955. The van der Waals surface area contributed by atoms with Gasteiger partial charge in [0.25, 0.3) is 0 Å². The molecule has 1 aromatic carbocycles. The van der Waals surface area contributed by atoms with Gasteiger partial charge in [0.05, 0.1) is 18.4 Å². The van der Waals surface area contributed by atoms with E-state index in [1.165, 1.54) is 0 Å². The summed E-state index contributed by atoms with van der Waals surface area (Å²) in [6, 6.07) is 8.79. The first-order valence-corrected chi connectivity index (χ1v) is 9.14. The van der Waals surface area contributed by atoms with Crippen LogP contribution in [0.2, 0.25) is 0 Å². The molecule has 1 aromatic rings. The van der Waals surface area contributed by atoms with Crippen LogP contribution >= 0.6 is 0 Å². The van der Waals surface area contributed by atoms with Crippen LogP contribution in [-0.2, 0) is 25.8 Å². The Morgan fingerprint density at radius 2 is 1.69 bits per heavy atom. The average molecular weight is 391 g/mol. The Morgan fingerprint density at radius 3 is 2.27 bits per heavy atom. The van der Waals surface area contributed by atoms with Crippen molar-refractivity contribution in [3.05, 3.63) is 35.9 Å². The van der Waals surface area contributed by atoms with Crippen molar-refractivity contribution in [1.29, 1.82) is 0 Å². The number of hydrogen-bond acceptors (Lipinski definition) is 9. The van der Waals surface area contributed by atoms with E-state index in [0.717, 1.165) is 5.56 Å². The maximum absolute atomic E-state index is 10.8. The third-order valence-corrected chi connectivity index (χ3v) is 4.20. The third-order valence-electron chi connectivity index (χ3n) is 3.94. The summed E-state index contributed by atoms with van der Waals surface area (Å²) >= 11 is 0. The van der Waals surface area contributed by atoms with Crippen molar-refractivity contribution >= 4 is 16.1 Å². The largest absolute Gasteiger partial charge is 0.466 e. The molecule has 10 nitrogen and oxygen atoms in total. The SMILES string of the molecule is O=S(=O)(O)O/N=C(/Cc1ccccc1)C[C@@H]1O[C@H](CO)[C@@H](O)[C@H](O)[C@H]1O. The fourth-order valence-corrected chi connectivity index (χ4v) is 2.85. The zero-order valence-corrected chi connectivity index (χ0v) is 14.4. The summed E-state index contributed by atoms with van der Waals surface area (Å²) in [6.45, 7) is -0.589. The average Bonchev–Trinajstić information content (AvgIpc) is 2.60. The summed E-state index contributed by atoms with van der Waals surface area (Å²) in [5.74, 6) is 0. The Morgan fingerprint density at radius 1 is 1.08 bits per heavy atom. The molecule has 0 amide bonds. The molecule has 0 bridgehead atoms. The van der Waals surface area contributed by atoms with Gasteiger partial charge in [0.15, 0.2) is 0 Å². The molecule has 0 radical (unpaired) electrons. The van der Waals surface area contributed by atoms with Crippen LogP contribution < -0.4 is 0 Å². The molecule has 0 aromatic heterocycles. The van der Waals surface area contributed by atoms with Crippen LogP contribution in [-0.4, -0.2) is 76.2 Å². The lowest BCUT2D eigenvalue weighted by Crippen LogP contribution is -2.58. The minimum atomic E-state index is -4.82. The van der Waals surface area contributed by atoms with Crippen molar-refractivity contribution in [3.63, 3.8) is 0 Å². The van der Waals surface area contributed by atoms with Crippen molar-refractivity contribution in [3.8, 4) is 0 Å². The van der Waals surface area contributed by atoms with Crippen LogP contribution in [0.3, 0.4) is 0 Å². The number of hydrogen-bond donors (Lipinski definition) is 5. The first kappa shape index (κ1) is 20.7. The van der Waals surface area contributed by atoms with Crippen LogP contribution in [0.4, 0.5) is 0 Å². The van der Waals surface area contributed by atoms with Gasteiger partial charge in [-0.05, 0) is 5.56 Å². The van der Waals surface area contributed by atoms with Gasteiger partial charge in [-0.1, -0.05) is 35.5 Å². The molecule has 5 atom stereocenters. The van der Waals surface area contributed by atoms with Gasteiger partial charge in [0.1, 0.15) is 24.4 Å². The predicted octanol–water partition coefficient (Wildman–Crippen LogP) is -1.36. The maximum atomic E-state index is 10.8. The third kappa shape index (κ3) is 5.71. The molecule has 146 valence electrons. The van der Waals surface area contributed by atoms with Gasteiger partial charge in [0, 0.05) is 12.8 Å². The molecule has 1 aliphatic rings. The van der Waals surface area contributed by atoms with Gasteiger partial charge in [0.2, 0.25) is 0 Å². The lowest BCUT2D eigenvalue weighted by molar-refractivity contribution is -0.227. The highest BCUT2D eigenvalue weighted by Crippen LogP contribution is 2.24. The zero-order chi connectivity index (χ0) is 19.3. The summed E-state index contributed by atoms with van der Waals surface area (Å²) in [4.78, 5) is 0. The normalized spacial score (nSPS) is 30.2. The van der Waals surface area contributed by atoms with Gasteiger partial charge in [-0.2, -0.15) is 8.42 Å². The van der Waals surface area contributed by atoms with Gasteiger partial charge in [-0.25, -0.2) is 4.28 Å². The Balaban J connectivity index is 2.19. The maximum Gasteiger partial charge on any atom is 0.466 e. The summed E-state index contributed by atoms with van der Waals surface area (Å²) in [6.07, 6.45) is -6.81. The number of benzene rings is 1. The van der Waals surface area contributed by atoms with Crippen molar-refractivity contribution < 1.29 is 42.4 Å². The monoisotopic (exact) mass is 391 g/mol. The lowest BCUT2D eigenvalue weighted by Gasteiger charge is -2.40. The van der Waals surface area contributed by atoms with Crippen molar-refractivity contribution in [2.45, 2.75) is 43.4 Å². The fraction of sp³-hybridized carbons (Fsp3) is 0.533. The number of aliphatic hydroxyl groups is 4. The van der Waals surface area contributed by atoms with Crippen LogP contribution in [0.15, 0.2) is 35.5 Å². The van der Waals surface area contributed by atoms with Crippen LogP contribution in [0, 0.1) is 0 Å². The van der Waals surface area contributed by atoms with Gasteiger partial charge < -0.3 is 25.2 Å². The van der Waals surface area contributed by atoms with Crippen molar-refractivity contribution in [2.75, 3.05) is 6.61 Å². The lowest BCUT2D eigenvalue weighted by atomic mass is 9.91. The molecule has 1 heterocycles.